The van der Waals surface area contributed by atoms with E-state index in [4.69, 9.17) is 4.74 Å². The number of hydrogen-bond donors (Lipinski definition) is 0. The van der Waals surface area contributed by atoms with Gasteiger partial charge in [-0.1, -0.05) is 48.6 Å². The number of hydrogen-bond acceptors (Lipinski definition) is 3. The van der Waals surface area contributed by atoms with Crippen LogP contribution in [0, 0.1) is 0 Å². The number of rotatable bonds is 0. The van der Waals surface area contributed by atoms with Crippen LogP contribution in [0.15, 0.2) is 60.7 Å². The van der Waals surface area contributed by atoms with Crippen LogP contribution in [0.5, 0.6) is 0 Å². The van der Waals surface area contributed by atoms with E-state index in [1.54, 1.807) is 0 Å². The van der Waals surface area contributed by atoms with E-state index in [0.29, 0.717) is 5.56 Å². The first kappa shape index (κ1) is 20.3. The van der Waals surface area contributed by atoms with E-state index in [9.17, 15) is 9.59 Å². The van der Waals surface area contributed by atoms with Gasteiger partial charge in [-0.05, 0) is 38.5 Å². The van der Waals surface area contributed by atoms with Crippen molar-refractivity contribution in [2.45, 2.75) is 46.0 Å². The van der Waals surface area contributed by atoms with Gasteiger partial charge < -0.3 is 13.9 Å². The number of fused-ring (bicyclic) bond motifs is 9. The zero-order valence-electron chi connectivity index (χ0n) is 20.0. The highest BCUT2D eigenvalue weighted by atomic mass is 16.6. The molecule has 3 aromatic carbocycles. The number of ether oxygens (including phenoxy) is 1. The smallest absolute Gasteiger partial charge is 0.417 e. The van der Waals surface area contributed by atoms with Gasteiger partial charge in [-0.15, -0.1) is 0 Å². The molecule has 5 aromatic rings. The number of aromatic nitrogens is 2. The van der Waals surface area contributed by atoms with E-state index >= 15 is 0 Å². The first-order valence-corrected chi connectivity index (χ1v) is 12.0. The average molecular weight is 464 g/mol. The maximum absolute atomic E-state index is 13.9. The van der Waals surface area contributed by atoms with E-state index in [1.165, 1.54) is 4.90 Å². The first-order valence-electron chi connectivity index (χ1n) is 12.0. The number of benzene rings is 3. The molecule has 2 aliphatic heterocycles. The van der Waals surface area contributed by atoms with Crippen molar-refractivity contribution in [3.63, 3.8) is 0 Å². The molecular weight excluding hydrogens is 438 g/mol. The largest absolute Gasteiger partial charge is 0.443 e. The van der Waals surface area contributed by atoms with Crippen LogP contribution < -0.4 is 0 Å². The molecule has 2 amide bonds. The summed E-state index contributed by atoms with van der Waals surface area (Å²) in [5.74, 6) is -0.284. The van der Waals surface area contributed by atoms with Crippen LogP contribution in [-0.4, -0.2) is 31.6 Å². The predicted molar refractivity (Wildman–Crippen MR) is 138 cm³/mol. The molecule has 0 N–H and O–H groups in total. The summed E-state index contributed by atoms with van der Waals surface area (Å²) in [6.45, 7) is 7.14. The van der Waals surface area contributed by atoms with Gasteiger partial charge in [0, 0.05) is 45.7 Å². The molecule has 0 saturated heterocycles. The van der Waals surface area contributed by atoms with Crippen LogP contribution in [0.25, 0.3) is 43.6 Å². The Hall–Kier alpha value is -4.06. The fraction of sp³-hybridized carbons (Fsp3) is 0.241. The third kappa shape index (κ3) is 2.65. The molecule has 0 bridgehead atoms. The molecule has 0 unspecified atom stereocenters. The lowest BCUT2D eigenvalue weighted by Gasteiger charge is -2.23. The molecule has 0 saturated carbocycles. The van der Waals surface area contributed by atoms with E-state index in [0.717, 1.165) is 62.3 Å². The van der Waals surface area contributed by atoms with Gasteiger partial charge in [0.25, 0.3) is 5.91 Å². The predicted octanol–water partition coefficient (Wildman–Crippen LogP) is 6.36. The van der Waals surface area contributed by atoms with E-state index < -0.39 is 11.7 Å². The first-order chi connectivity index (χ1) is 16.8. The van der Waals surface area contributed by atoms with E-state index in [2.05, 4.69) is 51.6 Å². The number of amides is 2. The number of nitrogens with zero attached hydrogens (tertiary/aromatic N) is 3. The minimum Gasteiger partial charge on any atom is -0.443 e. The molecule has 6 heteroatoms. The number of carbonyl (C=O) groups is 2. The van der Waals surface area contributed by atoms with Crippen LogP contribution in [0.4, 0.5) is 4.79 Å². The van der Waals surface area contributed by atoms with Gasteiger partial charge in [0.15, 0.2) is 0 Å². The number of para-hydroxylation sites is 2. The second-order valence-electron chi connectivity index (χ2n) is 10.4. The molecule has 0 fully saturated rings. The minimum atomic E-state index is -0.687. The molecule has 0 atom stereocenters. The Bertz CT molecular complexity index is 1780. The third-order valence-corrected chi connectivity index (χ3v) is 7.15. The molecule has 6 nitrogen and oxygen atoms in total. The third-order valence-electron chi connectivity index (χ3n) is 7.15. The normalized spacial score (nSPS) is 15.5. The van der Waals surface area contributed by atoms with E-state index in [1.807, 2.05) is 39.0 Å². The van der Waals surface area contributed by atoms with Crippen molar-refractivity contribution < 1.29 is 14.3 Å². The molecule has 0 spiro atoms. The second kappa shape index (κ2) is 6.75. The molecule has 2 aliphatic rings. The lowest BCUT2D eigenvalue weighted by molar-refractivity contribution is 0.0248. The summed E-state index contributed by atoms with van der Waals surface area (Å²) < 4.78 is 10.3. The second-order valence-corrected chi connectivity index (χ2v) is 10.4. The monoisotopic (exact) mass is 463 g/mol. The summed E-state index contributed by atoms with van der Waals surface area (Å²) in [4.78, 5) is 28.3. The SMILES string of the molecule is CC(C)(C)OC(=O)N1Cc2c(c3c4ccccc4n4c3c3c2c2ccccc2n3CC=CC4)C1=O. The van der Waals surface area contributed by atoms with Gasteiger partial charge in [0.2, 0.25) is 0 Å². The molecule has 7 rings (SSSR count). The summed E-state index contributed by atoms with van der Waals surface area (Å²) in [6.07, 6.45) is 3.80. The molecule has 0 aliphatic carbocycles. The fourth-order valence-corrected chi connectivity index (χ4v) is 5.90. The quantitative estimate of drug-likeness (QED) is 0.251. The topological polar surface area (TPSA) is 56.5 Å². The molecule has 174 valence electrons. The van der Waals surface area contributed by atoms with Gasteiger partial charge in [-0.2, -0.15) is 0 Å². The van der Waals surface area contributed by atoms with Crippen LogP contribution in [0.2, 0.25) is 0 Å². The summed E-state index contributed by atoms with van der Waals surface area (Å²) in [7, 11) is 0. The summed E-state index contributed by atoms with van der Waals surface area (Å²) in [5, 5.41) is 4.12. The Balaban J connectivity index is 1.67. The molecule has 35 heavy (non-hydrogen) atoms. The standard InChI is InChI=1S/C29H25N3O3/c1-29(2,3)35-28(34)32-16-19-22-17-10-4-6-12-20(17)30-14-8-9-15-31-21-13-7-5-11-18(21)23(24(19)27(32)33)26(31)25(22)30/h4-13H,14-16H2,1-3H3. The molecule has 4 heterocycles. The fourth-order valence-electron chi connectivity index (χ4n) is 5.90. The summed E-state index contributed by atoms with van der Waals surface area (Å²) in [5.41, 5.74) is 5.24. The van der Waals surface area contributed by atoms with Crippen molar-refractivity contribution in [2.24, 2.45) is 0 Å². The summed E-state index contributed by atoms with van der Waals surface area (Å²) >= 11 is 0. The van der Waals surface area contributed by atoms with Gasteiger partial charge in [0.05, 0.1) is 23.1 Å². The minimum absolute atomic E-state index is 0.207. The maximum atomic E-state index is 13.9. The Labute approximate surface area is 202 Å². The maximum Gasteiger partial charge on any atom is 0.417 e. The Morgan fingerprint density at radius 1 is 0.829 bits per heavy atom. The highest BCUT2D eigenvalue weighted by Gasteiger charge is 2.40. The lowest BCUT2D eigenvalue weighted by Crippen LogP contribution is -2.36. The van der Waals surface area contributed by atoms with Crippen LogP contribution in [0.1, 0.15) is 36.7 Å². The van der Waals surface area contributed by atoms with Gasteiger partial charge in [-0.3, -0.25) is 4.79 Å². The van der Waals surface area contributed by atoms with Crippen LogP contribution in [-0.2, 0) is 24.4 Å². The van der Waals surface area contributed by atoms with Crippen LogP contribution in [0.3, 0.4) is 0 Å². The van der Waals surface area contributed by atoms with Gasteiger partial charge >= 0.3 is 6.09 Å². The number of carbonyl (C=O) groups excluding carboxylic acids is 2. The number of allylic oxidation sites excluding steroid dienone is 2. The zero-order chi connectivity index (χ0) is 24.1. The van der Waals surface area contributed by atoms with Crippen molar-refractivity contribution in [1.29, 1.82) is 0 Å². The van der Waals surface area contributed by atoms with Crippen molar-refractivity contribution in [3.05, 3.63) is 71.8 Å². The number of imide groups is 1. The van der Waals surface area contributed by atoms with Crippen LogP contribution >= 0.6 is 0 Å². The van der Waals surface area contributed by atoms with E-state index in [-0.39, 0.29) is 12.5 Å². The van der Waals surface area contributed by atoms with Gasteiger partial charge in [0.1, 0.15) is 5.60 Å². The lowest BCUT2D eigenvalue weighted by atomic mass is 9.97. The van der Waals surface area contributed by atoms with Crippen molar-refractivity contribution >= 4 is 55.6 Å². The molecule has 0 radical (unpaired) electrons. The Morgan fingerprint density at radius 3 is 1.97 bits per heavy atom. The molecular formula is C29H25N3O3. The van der Waals surface area contributed by atoms with Gasteiger partial charge in [-0.25, -0.2) is 9.69 Å². The van der Waals surface area contributed by atoms with Crippen molar-refractivity contribution in [2.75, 3.05) is 0 Å². The Morgan fingerprint density at radius 2 is 1.37 bits per heavy atom. The highest BCUT2D eigenvalue weighted by molar-refractivity contribution is 6.31. The Kier molecular flexibility index (Phi) is 3.92. The van der Waals surface area contributed by atoms with Crippen molar-refractivity contribution in [3.8, 4) is 0 Å². The van der Waals surface area contributed by atoms with Crippen molar-refractivity contribution in [1.82, 2.24) is 14.0 Å². The zero-order valence-corrected chi connectivity index (χ0v) is 20.0. The average Bonchev–Trinajstić information content (AvgIpc) is 3.42. The summed E-state index contributed by atoms with van der Waals surface area (Å²) in [6, 6.07) is 16.6. The molecule has 2 aromatic heterocycles. The highest BCUT2D eigenvalue weighted by Crippen LogP contribution is 2.46.